The Morgan fingerprint density at radius 2 is 1.84 bits per heavy atom. The monoisotopic (exact) mass is 373 g/mol. The Kier molecular flexibility index (Phi) is 8.10. The molecule has 0 aliphatic heterocycles. The average molecular weight is 373 g/mol. The highest BCUT2D eigenvalue weighted by atomic mass is 127. The summed E-state index contributed by atoms with van der Waals surface area (Å²) in [6, 6.07) is 7.69. The zero-order valence-electron chi connectivity index (χ0n) is 11.9. The van der Waals surface area contributed by atoms with Crippen LogP contribution in [0.5, 0.6) is 0 Å². The molecule has 0 bridgehead atoms. The van der Waals surface area contributed by atoms with E-state index in [1.165, 1.54) is 25.7 Å². The van der Waals surface area contributed by atoms with Gasteiger partial charge in [-0.3, -0.25) is 4.79 Å². The fraction of sp³-hybridized carbons (Fsp3) is 0.562. The van der Waals surface area contributed by atoms with Crippen LogP contribution in [0.2, 0.25) is 0 Å². The smallest absolute Gasteiger partial charge is 0.252 e. The maximum absolute atomic E-state index is 11.9. The molecule has 1 N–H and O–H groups in total. The molecule has 1 rings (SSSR count). The maximum atomic E-state index is 11.9. The van der Waals surface area contributed by atoms with E-state index in [4.69, 9.17) is 0 Å². The minimum atomic E-state index is 0.0483. The Hall–Kier alpha value is -0.580. The Morgan fingerprint density at radius 1 is 1.16 bits per heavy atom. The number of amides is 1. The number of carbonyl (C=O) groups excluding carboxylic acids is 1. The molecule has 3 heteroatoms. The van der Waals surface area contributed by atoms with Crippen molar-refractivity contribution in [2.75, 3.05) is 6.54 Å². The van der Waals surface area contributed by atoms with Crippen molar-refractivity contribution in [3.05, 3.63) is 33.4 Å². The van der Waals surface area contributed by atoms with Crippen molar-refractivity contribution in [2.45, 2.75) is 46.0 Å². The van der Waals surface area contributed by atoms with Crippen molar-refractivity contribution in [1.29, 1.82) is 0 Å². The second-order valence-corrected chi connectivity index (χ2v) is 6.49. The average Bonchev–Trinajstić information content (AvgIpc) is 2.37. The Bertz CT molecular complexity index is 390. The maximum Gasteiger partial charge on any atom is 0.252 e. The molecule has 0 spiro atoms. The number of hydrogen-bond donors (Lipinski definition) is 1. The van der Waals surface area contributed by atoms with Crippen LogP contribution in [0.1, 0.15) is 56.3 Å². The van der Waals surface area contributed by atoms with Crippen LogP contribution in [-0.4, -0.2) is 12.5 Å². The minimum absolute atomic E-state index is 0.0483. The van der Waals surface area contributed by atoms with Crippen LogP contribution < -0.4 is 5.32 Å². The molecule has 0 aliphatic carbocycles. The standard InChI is InChI=1S/C16H24INO/c1-13(2)9-5-3-4-8-12-18-16(19)14-10-6-7-11-15(14)17/h6-7,10-11,13H,3-5,8-9,12H2,1-2H3,(H,18,19). The Morgan fingerprint density at radius 3 is 2.53 bits per heavy atom. The molecule has 2 nitrogen and oxygen atoms in total. The number of halogens is 1. The molecule has 0 saturated heterocycles. The van der Waals surface area contributed by atoms with Gasteiger partial charge in [-0.25, -0.2) is 0 Å². The van der Waals surface area contributed by atoms with Gasteiger partial charge in [-0.2, -0.15) is 0 Å². The van der Waals surface area contributed by atoms with Gasteiger partial charge < -0.3 is 5.32 Å². The normalized spacial score (nSPS) is 10.7. The van der Waals surface area contributed by atoms with E-state index in [-0.39, 0.29) is 5.91 Å². The third kappa shape index (κ3) is 6.95. The lowest BCUT2D eigenvalue weighted by Gasteiger charge is -2.07. The summed E-state index contributed by atoms with van der Waals surface area (Å²) in [7, 11) is 0. The van der Waals surface area contributed by atoms with Crippen LogP contribution in [0.15, 0.2) is 24.3 Å². The van der Waals surface area contributed by atoms with Crippen LogP contribution in [0.3, 0.4) is 0 Å². The van der Waals surface area contributed by atoms with E-state index in [0.29, 0.717) is 0 Å². The van der Waals surface area contributed by atoms with E-state index in [1.807, 2.05) is 24.3 Å². The topological polar surface area (TPSA) is 29.1 Å². The lowest BCUT2D eigenvalue weighted by Crippen LogP contribution is -2.25. The molecule has 106 valence electrons. The first-order valence-electron chi connectivity index (χ1n) is 7.14. The number of benzene rings is 1. The van der Waals surface area contributed by atoms with E-state index in [1.54, 1.807) is 0 Å². The summed E-state index contributed by atoms with van der Waals surface area (Å²) in [5, 5.41) is 3.00. The van der Waals surface area contributed by atoms with Gasteiger partial charge in [-0.05, 0) is 47.1 Å². The largest absolute Gasteiger partial charge is 0.352 e. The van der Waals surface area contributed by atoms with Gasteiger partial charge in [-0.15, -0.1) is 0 Å². The van der Waals surface area contributed by atoms with Crippen LogP contribution in [0.4, 0.5) is 0 Å². The predicted molar refractivity (Wildman–Crippen MR) is 89.4 cm³/mol. The molecule has 0 heterocycles. The Balaban J connectivity index is 2.13. The molecule has 0 saturated carbocycles. The van der Waals surface area contributed by atoms with Crippen molar-refractivity contribution in [3.8, 4) is 0 Å². The zero-order valence-corrected chi connectivity index (χ0v) is 14.1. The van der Waals surface area contributed by atoms with Crippen molar-refractivity contribution in [1.82, 2.24) is 5.32 Å². The Labute approximate surface area is 130 Å². The SMILES string of the molecule is CC(C)CCCCCCNC(=O)c1ccccc1I. The predicted octanol–water partition coefficient (Wildman–Crippen LogP) is 4.63. The van der Waals surface area contributed by atoms with Gasteiger partial charge in [0.05, 0.1) is 5.56 Å². The second kappa shape index (κ2) is 9.34. The van der Waals surface area contributed by atoms with Gasteiger partial charge in [0.2, 0.25) is 0 Å². The van der Waals surface area contributed by atoms with Gasteiger partial charge in [0.1, 0.15) is 0 Å². The highest BCUT2D eigenvalue weighted by Crippen LogP contribution is 2.11. The van der Waals surface area contributed by atoms with Gasteiger partial charge in [0.15, 0.2) is 0 Å². The van der Waals surface area contributed by atoms with Crippen LogP contribution in [-0.2, 0) is 0 Å². The summed E-state index contributed by atoms with van der Waals surface area (Å²) < 4.78 is 1.01. The molecule has 1 aromatic carbocycles. The summed E-state index contributed by atoms with van der Waals surface area (Å²) in [6.07, 6.45) is 6.18. The van der Waals surface area contributed by atoms with Gasteiger partial charge >= 0.3 is 0 Å². The van der Waals surface area contributed by atoms with E-state index in [0.717, 1.165) is 28.0 Å². The van der Waals surface area contributed by atoms with Gasteiger partial charge in [0, 0.05) is 10.1 Å². The van der Waals surface area contributed by atoms with E-state index < -0.39 is 0 Å². The number of unbranched alkanes of at least 4 members (excludes halogenated alkanes) is 3. The third-order valence-corrected chi connectivity index (χ3v) is 4.05. The number of hydrogen-bond acceptors (Lipinski definition) is 1. The zero-order chi connectivity index (χ0) is 14.1. The van der Waals surface area contributed by atoms with Crippen molar-refractivity contribution < 1.29 is 4.79 Å². The summed E-state index contributed by atoms with van der Waals surface area (Å²) in [5.74, 6) is 0.854. The lowest BCUT2D eigenvalue weighted by molar-refractivity contribution is 0.0952. The summed E-state index contributed by atoms with van der Waals surface area (Å²) in [5.41, 5.74) is 0.780. The third-order valence-electron chi connectivity index (χ3n) is 3.11. The summed E-state index contributed by atoms with van der Waals surface area (Å²) >= 11 is 2.20. The molecule has 1 aromatic rings. The molecule has 0 fully saturated rings. The molecule has 0 radical (unpaired) electrons. The van der Waals surface area contributed by atoms with E-state index >= 15 is 0 Å². The second-order valence-electron chi connectivity index (χ2n) is 5.33. The molecule has 19 heavy (non-hydrogen) atoms. The van der Waals surface area contributed by atoms with E-state index in [2.05, 4.69) is 41.8 Å². The minimum Gasteiger partial charge on any atom is -0.352 e. The van der Waals surface area contributed by atoms with Gasteiger partial charge in [-0.1, -0.05) is 51.7 Å². The molecule has 1 amide bonds. The molecular weight excluding hydrogens is 349 g/mol. The van der Waals surface area contributed by atoms with Crippen LogP contribution >= 0.6 is 22.6 Å². The molecular formula is C16H24INO. The molecule has 0 atom stereocenters. The van der Waals surface area contributed by atoms with Crippen molar-refractivity contribution in [3.63, 3.8) is 0 Å². The molecule has 0 aliphatic rings. The lowest BCUT2D eigenvalue weighted by atomic mass is 10.0. The summed E-state index contributed by atoms with van der Waals surface area (Å²) in [4.78, 5) is 11.9. The number of carbonyl (C=O) groups is 1. The quantitative estimate of drug-likeness (QED) is 0.523. The van der Waals surface area contributed by atoms with Gasteiger partial charge in [0.25, 0.3) is 5.91 Å². The van der Waals surface area contributed by atoms with Crippen molar-refractivity contribution in [2.24, 2.45) is 5.92 Å². The summed E-state index contributed by atoms with van der Waals surface area (Å²) in [6.45, 7) is 5.31. The number of nitrogens with one attached hydrogen (secondary N) is 1. The number of rotatable bonds is 8. The first-order valence-corrected chi connectivity index (χ1v) is 8.22. The van der Waals surface area contributed by atoms with Crippen LogP contribution in [0, 0.1) is 9.49 Å². The first-order chi connectivity index (χ1) is 9.11. The molecule has 0 unspecified atom stereocenters. The first kappa shape index (κ1) is 16.5. The fourth-order valence-corrected chi connectivity index (χ4v) is 2.61. The van der Waals surface area contributed by atoms with Crippen molar-refractivity contribution >= 4 is 28.5 Å². The van der Waals surface area contributed by atoms with E-state index in [9.17, 15) is 4.79 Å². The highest BCUT2D eigenvalue weighted by Gasteiger charge is 2.07. The molecule has 0 aromatic heterocycles. The highest BCUT2D eigenvalue weighted by molar-refractivity contribution is 14.1. The van der Waals surface area contributed by atoms with Crippen LogP contribution in [0.25, 0.3) is 0 Å². The fourth-order valence-electron chi connectivity index (χ4n) is 1.97.